The Morgan fingerprint density at radius 2 is 2.00 bits per heavy atom. The van der Waals surface area contributed by atoms with Crippen LogP contribution < -0.4 is 10.6 Å². The molecule has 0 aliphatic carbocycles. The number of aliphatic imine (C=N–C) groups is 1. The van der Waals surface area contributed by atoms with E-state index < -0.39 is 9.84 Å². The maximum Gasteiger partial charge on any atom is 0.191 e. The first-order valence-corrected chi connectivity index (χ1v) is 13.1. The van der Waals surface area contributed by atoms with E-state index in [-0.39, 0.29) is 42.1 Å². The largest absolute Gasteiger partial charge is 0.357 e. The van der Waals surface area contributed by atoms with Gasteiger partial charge >= 0.3 is 0 Å². The summed E-state index contributed by atoms with van der Waals surface area (Å²) in [5, 5.41) is 6.53. The highest BCUT2D eigenvalue weighted by Crippen LogP contribution is 2.17. The van der Waals surface area contributed by atoms with Crippen molar-refractivity contribution in [1.29, 1.82) is 0 Å². The molecular formula is C22H38FIN4O2S. The number of unbranched alkanes of at least 4 members (excludes halogenated alkanes) is 1. The predicted molar refractivity (Wildman–Crippen MR) is 137 cm³/mol. The van der Waals surface area contributed by atoms with Crippen LogP contribution in [0.2, 0.25) is 0 Å². The second kappa shape index (κ2) is 14.3. The molecule has 0 spiro atoms. The molecule has 0 bridgehead atoms. The summed E-state index contributed by atoms with van der Waals surface area (Å²) in [6, 6.07) is 4.88. The minimum Gasteiger partial charge on any atom is -0.357 e. The van der Waals surface area contributed by atoms with Gasteiger partial charge < -0.3 is 15.5 Å². The lowest BCUT2D eigenvalue weighted by Gasteiger charge is -2.33. The van der Waals surface area contributed by atoms with Gasteiger partial charge in [0.15, 0.2) is 15.8 Å². The SMILES string of the molecule is CCNC(=NCc1cc(F)ccc1CS(C)(=O)=O)NCCCCN1CCCCC1C.I. The van der Waals surface area contributed by atoms with Gasteiger partial charge in [-0.15, -0.1) is 24.0 Å². The normalized spacial score (nSPS) is 17.8. The average Bonchev–Trinajstić information content (AvgIpc) is 2.68. The van der Waals surface area contributed by atoms with Gasteiger partial charge in [-0.1, -0.05) is 12.5 Å². The highest BCUT2D eigenvalue weighted by atomic mass is 127. The zero-order chi connectivity index (χ0) is 22.0. The standard InChI is InChI=1S/C22H37FN4O2S.HI/c1-4-24-22(25-12-6-8-14-27-13-7-5-9-18(27)2)26-16-20-15-21(23)11-10-19(20)17-30(3,28)29;/h10-11,15,18H,4-9,12-14,16-17H2,1-3H3,(H2,24,25,26);1H. The number of piperidine rings is 1. The molecule has 0 saturated carbocycles. The van der Waals surface area contributed by atoms with E-state index in [0.29, 0.717) is 23.1 Å². The number of nitrogens with one attached hydrogen (secondary N) is 2. The van der Waals surface area contributed by atoms with Gasteiger partial charge in [-0.25, -0.2) is 17.8 Å². The fourth-order valence-electron chi connectivity index (χ4n) is 3.81. The molecule has 1 aromatic rings. The number of hydrogen-bond donors (Lipinski definition) is 2. The van der Waals surface area contributed by atoms with Gasteiger partial charge in [-0.05, 0) is 75.9 Å². The minimum absolute atomic E-state index is 0. The molecule has 0 aromatic heterocycles. The maximum absolute atomic E-state index is 13.7. The van der Waals surface area contributed by atoms with Crippen molar-refractivity contribution in [2.24, 2.45) is 4.99 Å². The Balaban J connectivity index is 0.00000480. The van der Waals surface area contributed by atoms with Crippen molar-refractivity contribution in [1.82, 2.24) is 15.5 Å². The quantitative estimate of drug-likeness (QED) is 0.195. The second-order valence-electron chi connectivity index (χ2n) is 8.19. The molecule has 6 nitrogen and oxygen atoms in total. The molecule has 1 heterocycles. The summed E-state index contributed by atoms with van der Waals surface area (Å²) in [4.78, 5) is 7.12. The van der Waals surface area contributed by atoms with Gasteiger partial charge in [-0.3, -0.25) is 0 Å². The Labute approximate surface area is 204 Å². The van der Waals surface area contributed by atoms with Crippen LogP contribution in [0.4, 0.5) is 4.39 Å². The van der Waals surface area contributed by atoms with E-state index >= 15 is 0 Å². The highest BCUT2D eigenvalue weighted by Gasteiger charge is 2.17. The van der Waals surface area contributed by atoms with Crippen molar-refractivity contribution in [2.45, 2.75) is 64.3 Å². The smallest absolute Gasteiger partial charge is 0.191 e. The summed E-state index contributed by atoms with van der Waals surface area (Å²) in [7, 11) is -3.20. The fraction of sp³-hybridized carbons (Fsp3) is 0.682. The molecule has 0 radical (unpaired) electrons. The second-order valence-corrected chi connectivity index (χ2v) is 10.3. The summed E-state index contributed by atoms with van der Waals surface area (Å²) in [5.74, 6) is 0.164. The number of nitrogens with zero attached hydrogens (tertiary/aromatic N) is 2. The van der Waals surface area contributed by atoms with Gasteiger partial charge in [0.05, 0.1) is 12.3 Å². The van der Waals surface area contributed by atoms with Gasteiger partial charge in [-0.2, -0.15) is 0 Å². The summed E-state index contributed by atoms with van der Waals surface area (Å²) in [6.07, 6.45) is 7.32. The molecule has 1 aliphatic rings. The Hall–Kier alpha value is -0.940. The number of likely N-dealkylation sites (tertiary alicyclic amines) is 1. The zero-order valence-electron chi connectivity index (χ0n) is 19.0. The molecule has 0 amide bonds. The van der Waals surface area contributed by atoms with E-state index in [0.717, 1.165) is 32.5 Å². The summed E-state index contributed by atoms with van der Waals surface area (Å²) < 4.78 is 37.0. The van der Waals surface area contributed by atoms with Crippen LogP contribution in [0, 0.1) is 5.82 Å². The molecule has 31 heavy (non-hydrogen) atoms. The van der Waals surface area contributed by atoms with E-state index in [1.54, 1.807) is 0 Å². The molecule has 1 aliphatic heterocycles. The van der Waals surface area contributed by atoms with E-state index in [4.69, 9.17) is 0 Å². The molecule has 1 fully saturated rings. The lowest BCUT2D eigenvalue weighted by atomic mass is 10.0. The van der Waals surface area contributed by atoms with E-state index in [9.17, 15) is 12.8 Å². The lowest BCUT2D eigenvalue weighted by molar-refractivity contribution is 0.158. The Kier molecular flexibility index (Phi) is 12.9. The van der Waals surface area contributed by atoms with E-state index in [2.05, 4.69) is 27.4 Å². The van der Waals surface area contributed by atoms with Crippen molar-refractivity contribution in [3.8, 4) is 0 Å². The van der Waals surface area contributed by atoms with E-state index in [1.165, 1.54) is 50.3 Å². The monoisotopic (exact) mass is 568 g/mol. The zero-order valence-corrected chi connectivity index (χ0v) is 22.1. The van der Waals surface area contributed by atoms with Crippen LogP contribution in [0.15, 0.2) is 23.2 Å². The topological polar surface area (TPSA) is 73.8 Å². The third-order valence-corrected chi connectivity index (χ3v) is 6.28. The van der Waals surface area contributed by atoms with Crippen molar-refractivity contribution in [3.05, 3.63) is 35.1 Å². The summed E-state index contributed by atoms with van der Waals surface area (Å²) >= 11 is 0. The van der Waals surface area contributed by atoms with Crippen LogP contribution in [0.1, 0.15) is 57.1 Å². The van der Waals surface area contributed by atoms with Crippen molar-refractivity contribution in [2.75, 3.05) is 32.4 Å². The first-order chi connectivity index (χ1) is 14.3. The van der Waals surface area contributed by atoms with E-state index in [1.807, 2.05) is 6.92 Å². The molecule has 2 rings (SSSR count). The maximum atomic E-state index is 13.7. The summed E-state index contributed by atoms with van der Waals surface area (Å²) in [5.41, 5.74) is 1.19. The van der Waals surface area contributed by atoms with Crippen LogP contribution in [0.5, 0.6) is 0 Å². The molecule has 2 N–H and O–H groups in total. The van der Waals surface area contributed by atoms with Gasteiger partial charge in [0, 0.05) is 25.4 Å². The lowest BCUT2D eigenvalue weighted by Crippen LogP contribution is -2.39. The first-order valence-electron chi connectivity index (χ1n) is 11.0. The Morgan fingerprint density at radius 1 is 1.23 bits per heavy atom. The van der Waals surface area contributed by atoms with Crippen molar-refractivity contribution < 1.29 is 12.8 Å². The van der Waals surface area contributed by atoms with Crippen LogP contribution >= 0.6 is 24.0 Å². The average molecular weight is 569 g/mol. The molecule has 1 saturated heterocycles. The molecular weight excluding hydrogens is 530 g/mol. The number of sulfone groups is 1. The number of halogens is 2. The Morgan fingerprint density at radius 3 is 2.68 bits per heavy atom. The van der Waals surface area contributed by atoms with Gasteiger partial charge in [0.2, 0.25) is 0 Å². The summed E-state index contributed by atoms with van der Waals surface area (Å²) in [6.45, 7) is 8.41. The molecule has 178 valence electrons. The molecule has 9 heteroatoms. The van der Waals surface area contributed by atoms with Crippen LogP contribution in [-0.4, -0.2) is 57.8 Å². The number of rotatable bonds is 10. The number of benzene rings is 1. The number of guanidine groups is 1. The Bertz CT molecular complexity index is 805. The van der Waals surface area contributed by atoms with Crippen molar-refractivity contribution in [3.63, 3.8) is 0 Å². The van der Waals surface area contributed by atoms with Crippen molar-refractivity contribution >= 4 is 39.8 Å². The first kappa shape index (κ1) is 28.1. The van der Waals surface area contributed by atoms with Gasteiger partial charge in [0.1, 0.15) is 5.82 Å². The highest BCUT2D eigenvalue weighted by molar-refractivity contribution is 14.0. The van der Waals surface area contributed by atoms with Crippen LogP contribution in [0.25, 0.3) is 0 Å². The predicted octanol–water partition coefficient (Wildman–Crippen LogP) is 3.70. The van der Waals surface area contributed by atoms with Crippen LogP contribution in [0.3, 0.4) is 0 Å². The fourth-order valence-corrected chi connectivity index (χ4v) is 4.65. The third kappa shape index (κ3) is 11.0. The molecule has 1 atom stereocenters. The minimum atomic E-state index is -3.20. The molecule has 1 unspecified atom stereocenters. The van der Waals surface area contributed by atoms with Gasteiger partial charge in [0.25, 0.3) is 0 Å². The van der Waals surface area contributed by atoms with Crippen LogP contribution in [-0.2, 0) is 22.1 Å². The number of hydrogen-bond acceptors (Lipinski definition) is 4. The molecule has 1 aromatic carbocycles. The third-order valence-electron chi connectivity index (χ3n) is 5.44.